The van der Waals surface area contributed by atoms with Crippen molar-refractivity contribution in [1.82, 2.24) is 14.9 Å². The molecule has 1 rings (SSSR count). The number of nitrogens with one attached hydrogen (secondary N) is 2. The second-order valence-electron chi connectivity index (χ2n) is 5.35. The third-order valence-electron chi connectivity index (χ3n) is 1.93. The molecule has 1 heterocycles. The molecule has 0 atom stereocenters. The highest BCUT2D eigenvalue weighted by molar-refractivity contribution is 7.91. The summed E-state index contributed by atoms with van der Waals surface area (Å²) < 4.78 is 25.9. The number of carbonyl (C=O) groups is 1. The minimum atomic E-state index is -3.67. The van der Waals surface area contributed by atoms with E-state index in [4.69, 9.17) is 0 Å². The first kappa shape index (κ1) is 16.0. The molecular weight excluding hydrogens is 288 g/mol. The molecule has 9 heteroatoms. The SMILES string of the molecule is CC(C)NS(=O)(=O)c1nnc(NC(=O)C(C)(C)C)s1. The number of hydrogen-bond donors (Lipinski definition) is 2. The van der Waals surface area contributed by atoms with E-state index in [0.29, 0.717) is 0 Å². The number of rotatable bonds is 4. The van der Waals surface area contributed by atoms with Crippen LogP contribution in [0.25, 0.3) is 0 Å². The Bertz CT molecular complexity index is 558. The number of amides is 1. The maximum Gasteiger partial charge on any atom is 0.270 e. The van der Waals surface area contributed by atoms with E-state index in [1.807, 2.05) is 0 Å². The van der Waals surface area contributed by atoms with Gasteiger partial charge < -0.3 is 5.32 Å². The first-order valence-electron chi connectivity index (χ1n) is 5.69. The van der Waals surface area contributed by atoms with Gasteiger partial charge in [-0.15, -0.1) is 10.2 Å². The number of anilines is 1. The summed E-state index contributed by atoms with van der Waals surface area (Å²) in [5.41, 5.74) is -0.582. The van der Waals surface area contributed by atoms with E-state index in [1.165, 1.54) is 0 Å². The highest BCUT2D eigenvalue weighted by atomic mass is 32.2. The van der Waals surface area contributed by atoms with Crippen LogP contribution in [0.5, 0.6) is 0 Å². The van der Waals surface area contributed by atoms with Crippen molar-refractivity contribution in [3.8, 4) is 0 Å². The van der Waals surface area contributed by atoms with Gasteiger partial charge >= 0.3 is 0 Å². The zero-order chi connectivity index (χ0) is 14.8. The Hall–Kier alpha value is -1.06. The summed E-state index contributed by atoms with van der Waals surface area (Å²) in [4.78, 5) is 11.7. The van der Waals surface area contributed by atoms with Crippen LogP contribution in [0, 0.1) is 5.41 Å². The number of aromatic nitrogens is 2. The van der Waals surface area contributed by atoms with Gasteiger partial charge in [-0.2, -0.15) is 0 Å². The predicted molar refractivity (Wildman–Crippen MR) is 73.5 cm³/mol. The van der Waals surface area contributed by atoms with Crippen LogP contribution in [0.1, 0.15) is 34.6 Å². The third kappa shape index (κ3) is 4.51. The number of hydrogen-bond acceptors (Lipinski definition) is 6. The van der Waals surface area contributed by atoms with Gasteiger partial charge in [-0.3, -0.25) is 4.79 Å². The minimum Gasteiger partial charge on any atom is -0.300 e. The van der Waals surface area contributed by atoms with Crippen molar-refractivity contribution in [3.63, 3.8) is 0 Å². The summed E-state index contributed by atoms with van der Waals surface area (Å²) >= 11 is 0.822. The van der Waals surface area contributed by atoms with Crippen LogP contribution < -0.4 is 10.0 Å². The van der Waals surface area contributed by atoms with Crippen molar-refractivity contribution in [2.45, 2.75) is 45.0 Å². The van der Waals surface area contributed by atoms with Crippen LogP contribution in [0.3, 0.4) is 0 Å². The summed E-state index contributed by atoms with van der Waals surface area (Å²) in [5, 5.41) is 9.95. The Kier molecular flexibility index (Phi) is 4.64. The molecule has 0 bridgehead atoms. The third-order valence-corrected chi connectivity index (χ3v) is 4.79. The fourth-order valence-corrected chi connectivity index (χ4v) is 3.18. The molecular formula is C10H18N4O3S2. The molecule has 0 aliphatic carbocycles. The molecule has 0 radical (unpaired) electrons. The molecule has 108 valence electrons. The molecule has 7 nitrogen and oxygen atoms in total. The van der Waals surface area contributed by atoms with Gasteiger partial charge in [-0.25, -0.2) is 13.1 Å². The van der Waals surface area contributed by atoms with E-state index in [0.717, 1.165) is 11.3 Å². The van der Waals surface area contributed by atoms with E-state index in [9.17, 15) is 13.2 Å². The van der Waals surface area contributed by atoms with Crippen LogP contribution in [-0.4, -0.2) is 30.6 Å². The topological polar surface area (TPSA) is 101 Å². The standard InChI is InChI=1S/C10H18N4O3S2/c1-6(2)14-19(16,17)9-13-12-8(18-9)11-7(15)10(3,4)5/h6,14H,1-5H3,(H,11,12,15). The predicted octanol–water partition coefficient (Wildman–Crippen LogP) is 1.21. The fraction of sp³-hybridized carbons (Fsp3) is 0.700. The number of nitrogens with zero attached hydrogens (tertiary/aromatic N) is 2. The lowest BCUT2D eigenvalue weighted by Crippen LogP contribution is -2.30. The Morgan fingerprint density at radius 1 is 1.26 bits per heavy atom. The zero-order valence-corrected chi connectivity index (χ0v) is 13.1. The Labute approximate surface area is 116 Å². The van der Waals surface area contributed by atoms with E-state index in [2.05, 4.69) is 20.2 Å². The van der Waals surface area contributed by atoms with E-state index >= 15 is 0 Å². The molecule has 0 aromatic carbocycles. The summed E-state index contributed by atoms with van der Waals surface area (Å²) in [6, 6.07) is -0.235. The van der Waals surface area contributed by atoms with Gasteiger partial charge in [0.15, 0.2) is 0 Å². The molecule has 0 spiro atoms. The van der Waals surface area contributed by atoms with Crippen LogP contribution in [-0.2, 0) is 14.8 Å². The van der Waals surface area contributed by atoms with Gasteiger partial charge in [-0.05, 0) is 13.8 Å². The average molecular weight is 306 g/mol. The van der Waals surface area contributed by atoms with Crippen LogP contribution in [0.4, 0.5) is 5.13 Å². The molecule has 2 N–H and O–H groups in total. The molecule has 0 saturated heterocycles. The van der Waals surface area contributed by atoms with E-state index < -0.39 is 15.4 Å². The summed E-state index contributed by atoms with van der Waals surface area (Å²) in [7, 11) is -3.67. The van der Waals surface area contributed by atoms with Crippen LogP contribution in [0.2, 0.25) is 0 Å². The normalized spacial score (nSPS) is 12.7. The smallest absolute Gasteiger partial charge is 0.270 e. The van der Waals surface area contributed by atoms with Crippen molar-refractivity contribution in [2.75, 3.05) is 5.32 Å². The Morgan fingerprint density at radius 3 is 2.32 bits per heavy atom. The summed E-state index contributed by atoms with van der Waals surface area (Å²) in [6.07, 6.45) is 0. The monoisotopic (exact) mass is 306 g/mol. The molecule has 0 fully saturated rings. The quantitative estimate of drug-likeness (QED) is 0.814. The van der Waals surface area contributed by atoms with Crippen molar-refractivity contribution in [3.05, 3.63) is 0 Å². The highest BCUT2D eigenvalue weighted by Gasteiger charge is 2.25. The first-order chi connectivity index (χ1) is 8.52. The fourth-order valence-electron chi connectivity index (χ4n) is 1.01. The summed E-state index contributed by atoms with van der Waals surface area (Å²) in [5.74, 6) is -0.246. The van der Waals surface area contributed by atoms with Gasteiger partial charge in [0.2, 0.25) is 15.4 Å². The van der Waals surface area contributed by atoms with Crippen molar-refractivity contribution >= 4 is 32.4 Å². The van der Waals surface area contributed by atoms with Gasteiger partial charge in [0, 0.05) is 11.5 Å². The van der Waals surface area contributed by atoms with Crippen LogP contribution in [0.15, 0.2) is 4.34 Å². The average Bonchev–Trinajstić information content (AvgIpc) is 2.63. The lowest BCUT2D eigenvalue weighted by atomic mass is 9.96. The molecule has 0 aliphatic rings. The lowest BCUT2D eigenvalue weighted by molar-refractivity contribution is -0.123. The second-order valence-corrected chi connectivity index (χ2v) is 8.22. The lowest BCUT2D eigenvalue weighted by Gasteiger charge is -2.15. The Balaban J connectivity index is 2.87. The molecule has 1 aromatic rings. The highest BCUT2D eigenvalue weighted by Crippen LogP contribution is 2.22. The molecule has 1 amide bonds. The van der Waals surface area contributed by atoms with E-state index in [1.54, 1.807) is 34.6 Å². The number of carbonyl (C=O) groups excluding carboxylic acids is 1. The largest absolute Gasteiger partial charge is 0.300 e. The molecule has 0 unspecified atom stereocenters. The number of sulfonamides is 1. The van der Waals surface area contributed by atoms with Gasteiger partial charge in [0.05, 0.1) is 0 Å². The summed E-state index contributed by atoms with van der Waals surface area (Å²) in [6.45, 7) is 8.67. The maximum atomic E-state index is 11.8. The van der Waals surface area contributed by atoms with Gasteiger partial charge in [0.1, 0.15) is 0 Å². The van der Waals surface area contributed by atoms with Gasteiger partial charge in [-0.1, -0.05) is 32.1 Å². The molecule has 19 heavy (non-hydrogen) atoms. The molecule has 0 saturated carbocycles. The van der Waals surface area contributed by atoms with E-state index in [-0.39, 0.29) is 21.4 Å². The van der Waals surface area contributed by atoms with Crippen molar-refractivity contribution in [1.29, 1.82) is 0 Å². The van der Waals surface area contributed by atoms with Crippen LogP contribution >= 0.6 is 11.3 Å². The maximum absolute atomic E-state index is 11.8. The second kappa shape index (κ2) is 5.51. The minimum absolute atomic E-state index is 0.162. The zero-order valence-electron chi connectivity index (χ0n) is 11.5. The first-order valence-corrected chi connectivity index (χ1v) is 7.99. The van der Waals surface area contributed by atoms with Crippen molar-refractivity contribution < 1.29 is 13.2 Å². The van der Waals surface area contributed by atoms with Crippen molar-refractivity contribution in [2.24, 2.45) is 5.41 Å². The van der Waals surface area contributed by atoms with Gasteiger partial charge in [0.25, 0.3) is 10.0 Å². The Morgan fingerprint density at radius 2 is 1.84 bits per heavy atom. The molecule has 1 aromatic heterocycles. The molecule has 0 aliphatic heterocycles.